The number of halogens is 1. The van der Waals surface area contributed by atoms with Gasteiger partial charge in [-0.2, -0.15) is 0 Å². The van der Waals surface area contributed by atoms with Crippen molar-refractivity contribution in [3.63, 3.8) is 0 Å². The fourth-order valence-electron chi connectivity index (χ4n) is 2.17. The third-order valence-electron chi connectivity index (χ3n) is 3.43. The second kappa shape index (κ2) is 7.48. The normalized spacial score (nSPS) is 10.3. The lowest BCUT2D eigenvalue weighted by Crippen LogP contribution is -2.30. The SMILES string of the molecule is CCc1cc(NNC(=O)c2cccc(F)c2)nc(-c2ccccn2)n1. The predicted octanol–water partition coefficient (Wildman–Crippen LogP) is 3.00. The molecule has 0 saturated carbocycles. The Morgan fingerprint density at radius 3 is 2.72 bits per heavy atom. The van der Waals surface area contributed by atoms with Crippen LogP contribution >= 0.6 is 0 Å². The molecule has 0 radical (unpaired) electrons. The highest BCUT2D eigenvalue weighted by Gasteiger charge is 2.09. The molecule has 0 saturated heterocycles. The molecule has 0 bridgehead atoms. The molecule has 3 aromatic rings. The number of amides is 1. The van der Waals surface area contributed by atoms with Gasteiger partial charge in [-0.05, 0) is 36.8 Å². The van der Waals surface area contributed by atoms with Crippen molar-refractivity contribution in [2.45, 2.75) is 13.3 Å². The van der Waals surface area contributed by atoms with Crippen molar-refractivity contribution in [3.8, 4) is 11.5 Å². The van der Waals surface area contributed by atoms with Gasteiger partial charge in [-0.1, -0.05) is 19.1 Å². The monoisotopic (exact) mass is 337 g/mol. The summed E-state index contributed by atoms with van der Waals surface area (Å²) in [6.07, 6.45) is 2.37. The Labute approximate surface area is 144 Å². The Balaban J connectivity index is 1.79. The van der Waals surface area contributed by atoms with E-state index in [1.807, 2.05) is 25.1 Å². The van der Waals surface area contributed by atoms with Gasteiger partial charge in [-0.3, -0.25) is 20.6 Å². The number of hydrogen-bond donors (Lipinski definition) is 2. The van der Waals surface area contributed by atoms with Crippen LogP contribution in [0.4, 0.5) is 10.2 Å². The van der Waals surface area contributed by atoms with Gasteiger partial charge in [-0.15, -0.1) is 0 Å². The minimum absolute atomic E-state index is 0.210. The number of pyridine rings is 1. The lowest BCUT2D eigenvalue weighted by atomic mass is 10.2. The third-order valence-corrected chi connectivity index (χ3v) is 3.43. The van der Waals surface area contributed by atoms with E-state index < -0.39 is 11.7 Å². The summed E-state index contributed by atoms with van der Waals surface area (Å²) in [4.78, 5) is 25.1. The molecule has 2 aromatic heterocycles. The highest BCUT2D eigenvalue weighted by atomic mass is 19.1. The van der Waals surface area contributed by atoms with Crippen LogP contribution in [0.5, 0.6) is 0 Å². The largest absolute Gasteiger partial charge is 0.281 e. The molecule has 1 aromatic carbocycles. The molecule has 6 nitrogen and oxygen atoms in total. The van der Waals surface area contributed by atoms with E-state index in [-0.39, 0.29) is 5.56 Å². The molecule has 25 heavy (non-hydrogen) atoms. The third kappa shape index (κ3) is 4.14. The van der Waals surface area contributed by atoms with Crippen LogP contribution in [0.2, 0.25) is 0 Å². The molecule has 0 aliphatic rings. The summed E-state index contributed by atoms with van der Waals surface area (Å²) in [6.45, 7) is 1.97. The average molecular weight is 337 g/mol. The van der Waals surface area contributed by atoms with E-state index in [1.54, 1.807) is 12.3 Å². The van der Waals surface area contributed by atoms with Crippen LogP contribution in [-0.4, -0.2) is 20.9 Å². The van der Waals surface area contributed by atoms with Gasteiger partial charge >= 0.3 is 0 Å². The van der Waals surface area contributed by atoms with Gasteiger partial charge in [0.2, 0.25) is 0 Å². The molecular weight excluding hydrogens is 321 g/mol. The second-order valence-corrected chi connectivity index (χ2v) is 5.23. The number of benzene rings is 1. The number of carbonyl (C=O) groups is 1. The molecular formula is C18H16FN5O. The van der Waals surface area contributed by atoms with Gasteiger partial charge in [0, 0.05) is 23.5 Å². The highest BCUT2D eigenvalue weighted by molar-refractivity contribution is 5.94. The molecule has 0 atom stereocenters. The first-order chi connectivity index (χ1) is 12.2. The fraction of sp³-hybridized carbons (Fsp3) is 0.111. The molecule has 3 rings (SSSR count). The van der Waals surface area contributed by atoms with Crippen LogP contribution in [0.1, 0.15) is 23.0 Å². The predicted molar refractivity (Wildman–Crippen MR) is 92.1 cm³/mol. The van der Waals surface area contributed by atoms with Crippen molar-refractivity contribution in [2.75, 3.05) is 5.43 Å². The van der Waals surface area contributed by atoms with Crippen LogP contribution < -0.4 is 10.9 Å². The van der Waals surface area contributed by atoms with E-state index in [0.717, 1.165) is 11.8 Å². The Hall–Kier alpha value is -3.35. The molecule has 7 heteroatoms. The van der Waals surface area contributed by atoms with E-state index in [4.69, 9.17) is 0 Å². The van der Waals surface area contributed by atoms with Crippen molar-refractivity contribution >= 4 is 11.7 Å². The Kier molecular flexibility index (Phi) is 4.94. The number of nitrogens with zero attached hydrogens (tertiary/aromatic N) is 3. The lowest BCUT2D eigenvalue weighted by molar-refractivity contribution is 0.0962. The number of hydrazine groups is 1. The minimum atomic E-state index is -0.472. The zero-order valence-electron chi connectivity index (χ0n) is 13.5. The fourth-order valence-corrected chi connectivity index (χ4v) is 2.17. The molecule has 0 spiro atoms. The van der Waals surface area contributed by atoms with Crippen molar-refractivity contribution in [1.29, 1.82) is 0 Å². The molecule has 0 aliphatic carbocycles. The minimum Gasteiger partial charge on any atom is -0.281 e. The zero-order valence-corrected chi connectivity index (χ0v) is 13.5. The van der Waals surface area contributed by atoms with Gasteiger partial charge in [0.15, 0.2) is 5.82 Å². The zero-order chi connectivity index (χ0) is 17.6. The number of aromatic nitrogens is 3. The van der Waals surface area contributed by atoms with Crippen molar-refractivity contribution in [3.05, 3.63) is 71.8 Å². The number of hydrogen-bond acceptors (Lipinski definition) is 5. The number of carbonyl (C=O) groups excluding carboxylic acids is 1. The first-order valence-corrected chi connectivity index (χ1v) is 7.77. The first kappa shape index (κ1) is 16.5. The van der Waals surface area contributed by atoms with Gasteiger partial charge in [-0.25, -0.2) is 14.4 Å². The molecule has 2 N–H and O–H groups in total. The van der Waals surface area contributed by atoms with Crippen molar-refractivity contribution < 1.29 is 9.18 Å². The molecule has 1 amide bonds. The van der Waals surface area contributed by atoms with Crippen LogP contribution in [0.3, 0.4) is 0 Å². The molecule has 0 unspecified atom stereocenters. The van der Waals surface area contributed by atoms with E-state index in [1.165, 1.54) is 18.2 Å². The maximum atomic E-state index is 13.2. The van der Waals surface area contributed by atoms with E-state index >= 15 is 0 Å². The number of rotatable bonds is 5. The first-order valence-electron chi connectivity index (χ1n) is 7.77. The van der Waals surface area contributed by atoms with Crippen LogP contribution in [-0.2, 0) is 6.42 Å². The Morgan fingerprint density at radius 2 is 2.00 bits per heavy atom. The molecule has 126 valence electrons. The second-order valence-electron chi connectivity index (χ2n) is 5.23. The number of anilines is 1. The molecule has 0 aliphatic heterocycles. The van der Waals surface area contributed by atoms with Gasteiger partial charge in [0.05, 0.1) is 0 Å². The highest BCUT2D eigenvalue weighted by Crippen LogP contribution is 2.15. The Morgan fingerprint density at radius 1 is 1.12 bits per heavy atom. The summed E-state index contributed by atoms with van der Waals surface area (Å²) in [5.41, 5.74) is 6.90. The van der Waals surface area contributed by atoms with Gasteiger partial charge < -0.3 is 0 Å². The quantitative estimate of drug-likeness (QED) is 0.700. The van der Waals surface area contributed by atoms with Gasteiger partial charge in [0.25, 0.3) is 5.91 Å². The van der Waals surface area contributed by atoms with Crippen LogP contribution in [0.15, 0.2) is 54.7 Å². The molecule has 0 fully saturated rings. The average Bonchev–Trinajstić information content (AvgIpc) is 2.66. The smallest absolute Gasteiger partial charge is 0.269 e. The van der Waals surface area contributed by atoms with Crippen LogP contribution in [0, 0.1) is 5.82 Å². The van der Waals surface area contributed by atoms with Crippen molar-refractivity contribution in [2.24, 2.45) is 0 Å². The summed E-state index contributed by atoms with van der Waals surface area (Å²) in [7, 11) is 0. The summed E-state index contributed by atoms with van der Waals surface area (Å²) in [6, 6.07) is 12.6. The van der Waals surface area contributed by atoms with E-state index in [0.29, 0.717) is 23.8 Å². The Bertz CT molecular complexity index is 886. The van der Waals surface area contributed by atoms with Crippen LogP contribution in [0.25, 0.3) is 11.5 Å². The summed E-state index contributed by atoms with van der Waals surface area (Å²) >= 11 is 0. The number of nitrogens with one attached hydrogen (secondary N) is 2. The lowest BCUT2D eigenvalue weighted by Gasteiger charge is -2.10. The van der Waals surface area contributed by atoms with E-state index in [2.05, 4.69) is 25.8 Å². The summed E-state index contributed by atoms with van der Waals surface area (Å²) in [5.74, 6) is -0.0457. The number of aryl methyl sites for hydroxylation is 1. The van der Waals surface area contributed by atoms with E-state index in [9.17, 15) is 9.18 Å². The standard InChI is InChI=1S/C18H16FN5O/c1-2-14-11-16(22-17(21-14)15-8-3-4-9-20-15)23-24-18(25)12-6-5-7-13(19)10-12/h3-11H,2H2,1H3,(H,24,25)(H,21,22,23). The topological polar surface area (TPSA) is 79.8 Å². The maximum absolute atomic E-state index is 13.2. The molecule has 2 heterocycles. The van der Waals surface area contributed by atoms with Gasteiger partial charge in [0.1, 0.15) is 17.3 Å². The summed E-state index contributed by atoms with van der Waals surface area (Å²) in [5, 5.41) is 0. The summed E-state index contributed by atoms with van der Waals surface area (Å²) < 4.78 is 13.2. The van der Waals surface area contributed by atoms with Crippen molar-refractivity contribution in [1.82, 2.24) is 20.4 Å². The maximum Gasteiger partial charge on any atom is 0.269 e.